The Morgan fingerprint density at radius 2 is 1.79 bits per heavy atom. The number of nitrogens with one attached hydrogen (secondary N) is 1. The number of rotatable bonds is 6. The minimum Gasteiger partial charge on any atom is -0.493 e. The Kier molecular flexibility index (Phi) is 5.74. The summed E-state index contributed by atoms with van der Waals surface area (Å²) < 4.78 is 61.0. The van der Waals surface area contributed by atoms with Crippen molar-refractivity contribution in [2.24, 2.45) is 0 Å². The molecule has 2 aromatic carbocycles. The number of alkyl halides is 2. The number of benzene rings is 2. The Labute approximate surface area is 147 Å². The molecule has 0 aliphatic rings. The Bertz CT molecular complexity index is 847. The van der Waals surface area contributed by atoms with E-state index in [0.717, 1.165) is 6.07 Å². The van der Waals surface area contributed by atoms with E-state index in [1.165, 1.54) is 37.4 Å². The number of hydrogen-bond donors (Lipinski definition) is 1. The van der Waals surface area contributed by atoms with Gasteiger partial charge in [0, 0.05) is 11.1 Å². The van der Waals surface area contributed by atoms with Crippen molar-refractivity contribution in [3.8, 4) is 11.5 Å². The fourth-order valence-electron chi connectivity index (χ4n) is 1.82. The molecule has 0 saturated carbocycles. The number of ether oxygens (including phenoxy) is 2. The highest BCUT2D eigenvalue weighted by molar-refractivity contribution is 7.92. The fourth-order valence-corrected chi connectivity index (χ4v) is 3.63. The maximum Gasteiger partial charge on any atom is 0.387 e. The van der Waals surface area contributed by atoms with Gasteiger partial charge in [0.25, 0.3) is 10.0 Å². The fraction of sp³-hybridized carbons (Fsp3) is 0.143. The van der Waals surface area contributed by atoms with Gasteiger partial charge in [-0.3, -0.25) is 4.72 Å². The summed E-state index contributed by atoms with van der Waals surface area (Å²) in [7, 11) is -2.81. The third-order valence-corrected chi connectivity index (χ3v) is 4.91. The molecule has 5 nitrogen and oxygen atoms in total. The number of methoxy groups -OCH3 is 1. The molecule has 0 bridgehead atoms. The van der Waals surface area contributed by atoms with Crippen LogP contribution in [0.25, 0.3) is 0 Å². The lowest BCUT2D eigenvalue weighted by Gasteiger charge is -2.13. The molecule has 0 fully saturated rings. The van der Waals surface area contributed by atoms with Crippen molar-refractivity contribution in [3.63, 3.8) is 0 Å². The highest BCUT2D eigenvalue weighted by Crippen LogP contribution is 2.33. The third kappa shape index (κ3) is 4.40. The van der Waals surface area contributed by atoms with Crippen molar-refractivity contribution >= 4 is 38.9 Å². The predicted octanol–water partition coefficient (Wildman–Crippen LogP) is 4.40. The molecule has 1 N–H and O–H groups in total. The van der Waals surface area contributed by atoms with Crippen LogP contribution in [0.5, 0.6) is 11.5 Å². The molecule has 2 rings (SSSR count). The standard InChI is InChI=1S/C14H11Cl2F2NO4S/c1-22-11-5-3-9(7-12(11)23-14(17)18)19-24(20,21)13-6-8(15)2-4-10(13)16/h2-7,14,19H,1H3. The van der Waals surface area contributed by atoms with Crippen molar-refractivity contribution in [2.75, 3.05) is 11.8 Å². The second kappa shape index (κ2) is 7.42. The summed E-state index contributed by atoms with van der Waals surface area (Å²) in [6.45, 7) is -3.09. The first-order valence-corrected chi connectivity index (χ1v) is 8.57. The summed E-state index contributed by atoms with van der Waals surface area (Å²) >= 11 is 11.7. The van der Waals surface area contributed by atoms with Gasteiger partial charge in [-0.1, -0.05) is 23.2 Å². The molecule has 0 aliphatic heterocycles. The summed E-state index contributed by atoms with van der Waals surface area (Å²) in [5, 5.41) is 0.140. The maximum atomic E-state index is 12.4. The second-order valence-electron chi connectivity index (χ2n) is 4.42. The first-order valence-electron chi connectivity index (χ1n) is 6.33. The molecule has 0 atom stereocenters. The van der Waals surface area contributed by atoms with E-state index in [4.69, 9.17) is 27.9 Å². The van der Waals surface area contributed by atoms with Gasteiger partial charge in [-0.25, -0.2) is 8.42 Å². The largest absolute Gasteiger partial charge is 0.493 e. The SMILES string of the molecule is COc1ccc(NS(=O)(=O)c2cc(Cl)ccc2Cl)cc1OC(F)F. The number of hydrogen-bond acceptors (Lipinski definition) is 4. The van der Waals surface area contributed by atoms with Crippen LogP contribution >= 0.6 is 23.2 Å². The van der Waals surface area contributed by atoms with Crippen LogP contribution in [-0.2, 0) is 10.0 Å². The van der Waals surface area contributed by atoms with Crippen LogP contribution in [0.4, 0.5) is 14.5 Å². The average Bonchev–Trinajstić information content (AvgIpc) is 2.49. The van der Waals surface area contributed by atoms with Crippen molar-refractivity contribution in [1.29, 1.82) is 0 Å². The van der Waals surface area contributed by atoms with Gasteiger partial charge in [-0.2, -0.15) is 8.78 Å². The molecule has 0 aromatic heterocycles. The topological polar surface area (TPSA) is 64.6 Å². The molecule has 130 valence electrons. The Hall–Kier alpha value is -1.77. The maximum absolute atomic E-state index is 12.4. The molecular weight excluding hydrogens is 387 g/mol. The van der Waals surface area contributed by atoms with Gasteiger partial charge in [0.2, 0.25) is 0 Å². The van der Waals surface area contributed by atoms with Gasteiger partial charge < -0.3 is 9.47 Å². The Morgan fingerprint density at radius 3 is 2.42 bits per heavy atom. The molecule has 0 unspecified atom stereocenters. The van der Waals surface area contributed by atoms with Crippen molar-refractivity contribution in [3.05, 3.63) is 46.4 Å². The van der Waals surface area contributed by atoms with E-state index < -0.39 is 16.6 Å². The summed E-state index contributed by atoms with van der Waals surface area (Å²) in [6, 6.07) is 7.62. The van der Waals surface area contributed by atoms with Gasteiger partial charge >= 0.3 is 6.61 Å². The lowest BCUT2D eigenvalue weighted by molar-refractivity contribution is -0.0511. The zero-order valence-corrected chi connectivity index (χ0v) is 14.4. The highest BCUT2D eigenvalue weighted by atomic mass is 35.5. The average molecular weight is 398 g/mol. The molecule has 24 heavy (non-hydrogen) atoms. The summed E-state index contributed by atoms with van der Waals surface area (Å²) in [5.74, 6) is -0.288. The van der Waals surface area contributed by atoms with E-state index in [2.05, 4.69) is 9.46 Å². The van der Waals surface area contributed by atoms with Crippen LogP contribution in [0, 0.1) is 0 Å². The number of anilines is 1. The Morgan fingerprint density at radius 1 is 1.08 bits per heavy atom. The van der Waals surface area contributed by atoms with Crippen molar-refractivity contribution < 1.29 is 26.7 Å². The van der Waals surface area contributed by atoms with Gasteiger partial charge in [0.15, 0.2) is 11.5 Å². The van der Waals surface area contributed by atoms with E-state index in [1.54, 1.807) is 0 Å². The monoisotopic (exact) mass is 397 g/mol. The number of sulfonamides is 1. The van der Waals surface area contributed by atoms with Crippen LogP contribution in [0.15, 0.2) is 41.3 Å². The molecule has 0 saturated heterocycles. The van der Waals surface area contributed by atoms with E-state index >= 15 is 0 Å². The van der Waals surface area contributed by atoms with Crippen LogP contribution in [0.3, 0.4) is 0 Å². The van der Waals surface area contributed by atoms with Crippen LogP contribution in [0.1, 0.15) is 0 Å². The minimum atomic E-state index is -4.08. The lowest BCUT2D eigenvalue weighted by atomic mass is 10.3. The van der Waals surface area contributed by atoms with E-state index in [9.17, 15) is 17.2 Å². The molecular formula is C14H11Cl2F2NO4S. The normalized spacial score (nSPS) is 11.4. The highest BCUT2D eigenvalue weighted by Gasteiger charge is 2.20. The first kappa shape index (κ1) is 18.6. The lowest BCUT2D eigenvalue weighted by Crippen LogP contribution is -2.14. The smallest absolute Gasteiger partial charge is 0.387 e. The van der Waals surface area contributed by atoms with E-state index in [-0.39, 0.29) is 32.1 Å². The Balaban J connectivity index is 2.37. The van der Waals surface area contributed by atoms with Gasteiger partial charge in [0.05, 0.1) is 17.8 Å². The third-order valence-electron chi connectivity index (χ3n) is 2.81. The van der Waals surface area contributed by atoms with Crippen molar-refractivity contribution in [1.82, 2.24) is 0 Å². The summed E-state index contributed by atoms with van der Waals surface area (Å²) in [4.78, 5) is -0.246. The van der Waals surface area contributed by atoms with Gasteiger partial charge in [0.1, 0.15) is 4.90 Å². The molecule has 0 aliphatic carbocycles. The first-order chi connectivity index (χ1) is 11.2. The van der Waals surface area contributed by atoms with Crippen LogP contribution in [-0.4, -0.2) is 22.1 Å². The summed E-state index contributed by atoms with van der Waals surface area (Å²) in [6.07, 6.45) is 0. The zero-order valence-electron chi connectivity index (χ0n) is 12.1. The van der Waals surface area contributed by atoms with Gasteiger partial charge in [-0.05, 0) is 30.3 Å². The second-order valence-corrected chi connectivity index (χ2v) is 6.92. The molecule has 2 aromatic rings. The zero-order chi connectivity index (χ0) is 17.9. The molecule has 10 heteroatoms. The van der Waals surface area contributed by atoms with E-state index in [0.29, 0.717) is 0 Å². The molecule has 0 spiro atoms. The van der Waals surface area contributed by atoms with Crippen LogP contribution < -0.4 is 14.2 Å². The minimum absolute atomic E-state index is 0.0116. The molecule has 0 radical (unpaired) electrons. The molecule has 0 amide bonds. The van der Waals surface area contributed by atoms with Crippen molar-refractivity contribution in [2.45, 2.75) is 11.5 Å². The quantitative estimate of drug-likeness (QED) is 0.783. The summed E-state index contributed by atoms with van der Waals surface area (Å²) in [5.41, 5.74) is -0.0116. The van der Waals surface area contributed by atoms with E-state index in [1.807, 2.05) is 0 Å². The number of halogens is 4. The van der Waals surface area contributed by atoms with Crippen LogP contribution in [0.2, 0.25) is 10.0 Å². The molecule has 0 heterocycles. The predicted molar refractivity (Wildman–Crippen MR) is 86.9 cm³/mol. The van der Waals surface area contributed by atoms with Gasteiger partial charge in [-0.15, -0.1) is 0 Å².